The highest BCUT2D eigenvalue weighted by atomic mass is 28.4. The standard InChI is InChI=1S/C49H67NO6Si2/c1-38(51)55-45-43(46(52)56-47(2,3)4)32-23-33-44(45)50(34-36-53-57(48(5,6)7,39-24-15-11-16-25-39)40-26-17-12-18-27-40)35-37-54-58(49(8,9)10,41-28-19-13-20-29-41)42-30-21-14-22-31-42/h11-22,24-31,43-45H,23,32-37H2,1-10H3/t43-,44+,45+/m0/s1. The Kier molecular flexibility index (Phi) is 14.8. The van der Waals surface area contributed by atoms with Gasteiger partial charge in [0, 0.05) is 39.3 Å². The third-order valence-electron chi connectivity index (χ3n) is 11.5. The van der Waals surface area contributed by atoms with Crippen LogP contribution in [0.15, 0.2) is 121 Å². The summed E-state index contributed by atoms with van der Waals surface area (Å²) in [6, 6.07) is 42.5. The van der Waals surface area contributed by atoms with Crippen LogP contribution < -0.4 is 20.7 Å². The van der Waals surface area contributed by atoms with E-state index < -0.39 is 40.2 Å². The molecule has 0 spiro atoms. The zero-order chi connectivity index (χ0) is 42.2. The van der Waals surface area contributed by atoms with E-state index in [0.717, 1.165) is 12.8 Å². The highest BCUT2D eigenvalue weighted by Gasteiger charge is 2.52. The van der Waals surface area contributed by atoms with Crippen molar-refractivity contribution in [1.29, 1.82) is 0 Å². The molecule has 1 fully saturated rings. The largest absolute Gasteiger partial charge is 0.460 e. The number of carbonyl (C=O) groups is 2. The molecule has 58 heavy (non-hydrogen) atoms. The lowest BCUT2D eigenvalue weighted by Gasteiger charge is -2.46. The molecule has 0 heterocycles. The molecule has 1 aliphatic carbocycles. The van der Waals surface area contributed by atoms with Crippen LogP contribution in [0.3, 0.4) is 0 Å². The van der Waals surface area contributed by atoms with Crippen molar-refractivity contribution in [3.05, 3.63) is 121 Å². The molecule has 0 radical (unpaired) electrons. The summed E-state index contributed by atoms with van der Waals surface area (Å²) in [5.74, 6) is -1.31. The van der Waals surface area contributed by atoms with E-state index in [-0.39, 0.29) is 22.1 Å². The van der Waals surface area contributed by atoms with Gasteiger partial charge in [-0.3, -0.25) is 14.5 Å². The first kappa shape index (κ1) is 45.2. The summed E-state index contributed by atoms with van der Waals surface area (Å²) in [7, 11) is -5.70. The second-order valence-electron chi connectivity index (χ2n) is 18.8. The third-order valence-corrected chi connectivity index (χ3v) is 21.6. The fourth-order valence-electron chi connectivity index (χ4n) is 9.11. The summed E-state index contributed by atoms with van der Waals surface area (Å²) in [5, 5.41) is 4.48. The lowest BCUT2D eigenvalue weighted by molar-refractivity contribution is -0.176. The minimum absolute atomic E-state index is 0.195. The van der Waals surface area contributed by atoms with Crippen LogP contribution >= 0.6 is 0 Å². The number of rotatable bonds is 15. The van der Waals surface area contributed by atoms with Gasteiger partial charge < -0.3 is 18.3 Å². The minimum Gasteiger partial charge on any atom is -0.460 e. The van der Waals surface area contributed by atoms with Gasteiger partial charge >= 0.3 is 11.9 Å². The number of carbonyl (C=O) groups excluding carboxylic acids is 2. The highest BCUT2D eigenvalue weighted by molar-refractivity contribution is 7.00. The van der Waals surface area contributed by atoms with E-state index in [0.29, 0.717) is 32.7 Å². The Balaban J connectivity index is 1.55. The number of ether oxygens (including phenoxy) is 2. The topological polar surface area (TPSA) is 74.3 Å². The van der Waals surface area contributed by atoms with Crippen LogP contribution in [-0.2, 0) is 27.9 Å². The molecule has 0 bridgehead atoms. The number of esters is 2. The minimum atomic E-state index is -2.85. The lowest BCUT2D eigenvalue weighted by Crippen LogP contribution is -2.67. The van der Waals surface area contributed by atoms with Gasteiger partial charge in [0.25, 0.3) is 16.6 Å². The molecule has 0 unspecified atom stereocenters. The molecule has 7 nitrogen and oxygen atoms in total. The summed E-state index contributed by atoms with van der Waals surface area (Å²) >= 11 is 0. The van der Waals surface area contributed by atoms with Gasteiger partial charge in [-0.15, -0.1) is 0 Å². The molecule has 1 aliphatic rings. The first-order chi connectivity index (χ1) is 27.4. The smallest absolute Gasteiger partial charge is 0.313 e. The van der Waals surface area contributed by atoms with Gasteiger partial charge in [-0.1, -0.05) is 169 Å². The summed E-state index contributed by atoms with van der Waals surface area (Å²) in [5.41, 5.74) is -0.669. The molecule has 0 N–H and O–H groups in total. The van der Waals surface area contributed by atoms with Gasteiger partial charge in [0.2, 0.25) is 0 Å². The average Bonchev–Trinajstić information content (AvgIpc) is 3.17. The molecule has 3 atom stereocenters. The van der Waals surface area contributed by atoms with Crippen LogP contribution in [0.1, 0.15) is 88.5 Å². The maximum atomic E-state index is 13.8. The van der Waals surface area contributed by atoms with Crippen molar-refractivity contribution in [3.8, 4) is 0 Å². The van der Waals surface area contributed by atoms with Gasteiger partial charge in [-0.05, 0) is 64.4 Å². The van der Waals surface area contributed by atoms with E-state index in [1.165, 1.54) is 27.7 Å². The Hall–Kier alpha value is -3.87. The number of nitrogens with zero attached hydrogens (tertiary/aromatic N) is 1. The molecule has 4 aromatic carbocycles. The predicted octanol–water partition coefficient (Wildman–Crippen LogP) is 7.88. The first-order valence-electron chi connectivity index (χ1n) is 21.0. The van der Waals surface area contributed by atoms with E-state index >= 15 is 0 Å². The normalized spacial score (nSPS) is 18.2. The van der Waals surface area contributed by atoms with Crippen molar-refractivity contribution >= 4 is 49.3 Å². The average molecular weight is 822 g/mol. The van der Waals surface area contributed by atoms with E-state index in [4.69, 9.17) is 18.3 Å². The van der Waals surface area contributed by atoms with Gasteiger partial charge in [0.1, 0.15) is 11.7 Å². The second kappa shape index (κ2) is 19.0. The van der Waals surface area contributed by atoms with Crippen LogP contribution in [-0.4, -0.2) is 77.5 Å². The Morgan fingerprint density at radius 3 is 1.26 bits per heavy atom. The van der Waals surface area contributed by atoms with Crippen molar-refractivity contribution in [2.75, 3.05) is 26.3 Å². The van der Waals surface area contributed by atoms with Gasteiger partial charge in [-0.25, -0.2) is 0 Å². The maximum absolute atomic E-state index is 13.8. The van der Waals surface area contributed by atoms with E-state index in [1.54, 1.807) is 0 Å². The maximum Gasteiger partial charge on any atom is 0.313 e. The molecule has 0 saturated heterocycles. The van der Waals surface area contributed by atoms with Gasteiger partial charge in [0.15, 0.2) is 0 Å². The predicted molar refractivity (Wildman–Crippen MR) is 241 cm³/mol. The molecule has 4 aromatic rings. The summed E-state index contributed by atoms with van der Waals surface area (Å²) in [4.78, 5) is 29.1. The van der Waals surface area contributed by atoms with Crippen molar-refractivity contribution in [2.24, 2.45) is 5.92 Å². The second-order valence-corrected chi connectivity index (χ2v) is 27.4. The monoisotopic (exact) mass is 821 g/mol. The fraction of sp³-hybridized carbons (Fsp3) is 0.469. The quantitative estimate of drug-likeness (QED) is 0.0893. The SMILES string of the molecule is CC(=O)O[C@@H]1[C@@H](C(=O)OC(C)(C)C)CCC[C@H]1N(CCO[Si](c1ccccc1)(c1ccccc1)C(C)(C)C)CCO[Si](c1ccccc1)(c1ccccc1)C(C)(C)C. The van der Waals surface area contributed by atoms with E-state index in [1.807, 2.05) is 20.8 Å². The third kappa shape index (κ3) is 10.3. The van der Waals surface area contributed by atoms with Crippen LogP contribution in [0.4, 0.5) is 0 Å². The number of hydrogen-bond acceptors (Lipinski definition) is 7. The Morgan fingerprint density at radius 1 is 0.586 bits per heavy atom. The fourth-order valence-corrected chi connectivity index (χ4v) is 18.2. The first-order valence-corrected chi connectivity index (χ1v) is 24.9. The lowest BCUT2D eigenvalue weighted by atomic mass is 9.81. The van der Waals surface area contributed by atoms with Crippen molar-refractivity contribution in [1.82, 2.24) is 4.90 Å². The molecule has 0 amide bonds. The molecular weight excluding hydrogens is 755 g/mol. The zero-order valence-electron chi connectivity index (χ0n) is 36.6. The Labute approximate surface area is 350 Å². The van der Waals surface area contributed by atoms with E-state index in [9.17, 15) is 9.59 Å². The Morgan fingerprint density at radius 2 is 0.948 bits per heavy atom. The van der Waals surface area contributed by atoms with Crippen molar-refractivity contribution < 1.29 is 27.9 Å². The molecule has 1 saturated carbocycles. The van der Waals surface area contributed by atoms with Crippen LogP contribution in [0.2, 0.25) is 10.1 Å². The number of hydrogen-bond donors (Lipinski definition) is 0. The van der Waals surface area contributed by atoms with E-state index in [2.05, 4.69) is 168 Å². The number of benzene rings is 4. The zero-order valence-corrected chi connectivity index (χ0v) is 38.6. The summed E-state index contributed by atoms with van der Waals surface area (Å²) in [6.07, 6.45) is 1.47. The molecule has 5 rings (SSSR count). The molecule has 0 aliphatic heterocycles. The Bertz CT molecular complexity index is 1700. The van der Waals surface area contributed by atoms with Crippen LogP contribution in [0, 0.1) is 5.92 Å². The molecule has 312 valence electrons. The van der Waals surface area contributed by atoms with Crippen molar-refractivity contribution in [2.45, 2.75) is 116 Å². The van der Waals surface area contributed by atoms with Crippen LogP contribution in [0.25, 0.3) is 0 Å². The van der Waals surface area contributed by atoms with Gasteiger partial charge in [-0.2, -0.15) is 0 Å². The summed E-state index contributed by atoms with van der Waals surface area (Å²) in [6.45, 7) is 22.8. The van der Waals surface area contributed by atoms with Crippen molar-refractivity contribution in [3.63, 3.8) is 0 Å². The molecular formula is C49H67NO6Si2. The highest BCUT2D eigenvalue weighted by Crippen LogP contribution is 2.39. The molecule has 0 aromatic heterocycles. The summed E-state index contributed by atoms with van der Waals surface area (Å²) < 4.78 is 27.0. The molecule has 9 heteroatoms. The van der Waals surface area contributed by atoms with Gasteiger partial charge in [0.05, 0.1) is 5.92 Å². The van der Waals surface area contributed by atoms with Crippen LogP contribution in [0.5, 0.6) is 0 Å².